The van der Waals surface area contributed by atoms with E-state index in [2.05, 4.69) is 10.6 Å². The highest BCUT2D eigenvalue weighted by Crippen LogP contribution is 2.46. The van der Waals surface area contributed by atoms with E-state index in [1.807, 2.05) is 39.0 Å². The predicted octanol–water partition coefficient (Wildman–Crippen LogP) is 2.29. The first kappa shape index (κ1) is 24.5. The van der Waals surface area contributed by atoms with Crippen LogP contribution >= 0.6 is 0 Å². The zero-order valence-corrected chi connectivity index (χ0v) is 20.2. The first-order valence-corrected chi connectivity index (χ1v) is 11.1. The Balaban J connectivity index is 1.93. The average molecular weight is 459 g/mol. The Labute approximate surface area is 194 Å². The number of rotatable bonds is 4. The van der Waals surface area contributed by atoms with E-state index in [1.165, 1.54) is 4.90 Å². The van der Waals surface area contributed by atoms with Crippen LogP contribution in [-0.2, 0) is 24.5 Å². The van der Waals surface area contributed by atoms with Gasteiger partial charge in [-0.3, -0.25) is 14.4 Å². The van der Waals surface area contributed by atoms with Crippen molar-refractivity contribution >= 4 is 29.5 Å². The number of likely N-dealkylation sites (tertiary alicyclic amines) is 1. The van der Waals surface area contributed by atoms with Crippen molar-refractivity contribution in [1.29, 1.82) is 0 Å². The van der Waals surface area contributed by atoms with E-state index < -0.39 is 41.0 Å². The molecule has 0 bridgehead atoms. The summed E-state index contributed by atoms with van der Waals surface area (Å²) in [6, 6.07) is 5.32. The molecule has 2 heterocycles. The van der Waals surface area contributed by atoms with E-state index in [0.29, 0.717) is 12.1 Å². The highest BCUT2D eigenvalue weighted by atomic mass is 16.6. The van der Waals surface area contributed by atoms with Gasteiger partial charge in [-0.05, 0) is 50.7 Å². The van der Waals surface area contributed by atoms with Crippen molar-refractivity contribution < 1.29 is 23.9 Å². The van der Waals surface area contributed by atoms with Crippen molar-refractivity contribution in [3.63, 3.8) is 0 Å². The molecular formula is C24H34N4O5. The Bertz CT molecular complexity index is 978. The molecule has 1 spiro atoms. The third-order valence-corrected chi connectivity index (χ3v) is 5.90. The molecule has 9 nitrogen and oxygen atoms in total. The van der Waals surface area contributed by atoms with Crippen LogP contribution in [-0.4, -0.2) is 52.9 Å². The highest BCUT2D eigenvalue weighted by molar-refractivity contribution is 6.08. The monoisotopic (exact) mass is 458 g/mol. The third kappa shape index (κ3) is 5.12. The van der Waals surface area contributed by atoms with Crippen LogP contribution in [0, 0.1) is 5.41 Å². The Morgan fingerprint density at radius 2 is 1.85 bits per heavy atom. The van der Waals surface area contributed by atoms with Gasteiger partial charge in [0.25, 0.3) is 0 Å². The van der Waals surface area contributed by atoms with E-state index in [1.54, 1.807) is 26.8 Å². The van der Waals surface area contributed by atoms with Gasteiger partial charge < -0.3 is 26.0 Å². The van der Waals surface area contributed by atoms with Crippen LogP contribution in [0.1, 0.15) is 59.9 Å². The van der Waals surface area contributed by atoms with Crippen molar-refractivity contribution in [1.82, 2.24) is 10.2 Å². The van der Waals surface area contributed by atoms with Crippen LogP contribution in [0.3, 0.4) is 0 Å². The first-order valence-electron chi connectivity index (χ1n) is 11.1. The fourth-order valence-corrected chi connectivity index (χ4v) is 4.59. The summed E-state index contributed by atoms with van der Waals surface area (Å²) in [6.45, 7) is 11.0. The number of para-hydroxylation sites is 1. The second-order valence-corrected chi connectivity index (χ2v) is 11.1. The normalized spacial score (nSPS) is 23.2. The first-order chi connectivity index (χ1) is 15.1. The number of carbonyl (C=O) groups is 4. The second kappa shape index (κ2) is 8.35. The molecule has 33 heavy (non-hydrogen) atoms. The predicted molar refractivity (Wildman–Crippen MR) is 123 cm³/mol. The lowest BCUT2D eigenvalue weighted by Crippen LogP contribution is -2.54. The van der Waals surface area contributed by atoms with Crippen molar-refractivity contribution in [3.8, 4) is 0 Å². The number of nitrogens with one attached hydrogen (secondary N) is 2. The Morgan fingerprint density at radius 3 is 2.42 bits per heavy atom. The summed E-state index contributed by atoms with van der Waals surface area (Å²) in [5.41, 5.74) is 4.97. The SMILES string of the molecule is CC(C)(C)C[C@H](NC(=O)OC(C)(C)C)C(=O)N1C[C@]2(C[C@H]1C(N)=O)C(=O)Nc1ccccc12. The summed E-state index contributed by atoms with van der Waals surface area (Å²) in [5.74, 6) is -1.42. The minimum Gasteiger partial charge on any atom is -0.444 e. The molecule has 4 N–H and O–H groups in total. The summed E-state index contributed by atoms with van der Waals surface area (Å²) in [7, 11) is 0. The third-order valence-electron chi connectivity index (χ3n) is 5.90. The molecule has 2 aliphatic heterocycles. The van der Waals surface area contributed by atoms with Crippen LogP contribution in [0.2, 0.25) is 0 Å². The molecule has 1 aromatic carbocycles. The van der Waals surface area contributed by atoms with Crippen LogP contribution < -0.4 is 16.4 Å². The van der Waals surface area contributed by atoms with Crippen molar-refractivity contribution in [3.05, 3.63) is 29.8 Å². The molecule has 2 aliphatic rings. The maximum atomic E-state index is 13.7. The van der Waals surface area contributed by atoms with Gasteiger partial charge in [0.2, 0.25) is 17.7 Å². The number of hydrogen-bond acceptors (Lipinski definition) is 5. The second-order valence-electron chi connectivity index (χ2n) is 11.1. The van der Waals surface area contributed by atoms with Crippen molar-refractivity contribution in [2.24, 2.45) is 11.1 Å². The van der Waals surface area contributed by atoms with E-state index in [4.69, 9.17) is 10.5 Å². The van der Waals surface area contributed by atoms with E-state index in [0.717, 1.165) is 5.56 Å². The molecular weight excluding hydrogens is 424 g/mol. The fourth-order valence-electron chi connectivity index (χ4n) is 4.59. The molecule has 1 saturated heterocycles. The molecule has 9 heteroatoms. The molecule has 0 radical (unpaired) electrons. The average Bonchev–Trinajstić information content (AvgIpc) is 3.18. The molecule has 3 atom stereocenters. The lowest BCUT2D eigenvalue weighted by atomic mass is 9.79. The van der Waals surface area contributed by atoms with E-state index in [-0.39, 0.29) is 24.3 Å². The fraction of sp³-hybridized carbons (Fsp3) is 0.583. The maximum Gasteiger partial charge on any atom is 0.408 e. The van der Waals surface area contributed by atoms with Crippen LogP contribution in [0.5, 0.6) is 0 Å². The maximum absolute atomic E-state index is 13.7. The Hall–Kier alpha value is -3.10. The molecule has 0 aromatic heterocycles. The molecule has 4 amide bonds. The zero-order valence-electron chi connectivity index (χ0n) is 20.2. The van der Waals surface area contributed by atoms with Crippen LogP contribution in [0.15, 0.2) is 24.3 Å². The van der Waals surface area contributed by atoms with Gasteiger partial charge in [0, 0.05) is 12.2 Å². The van der Waals surface area contributed by atoms with Gasteiger partial charge >= 0.3 is 6.09 Å². The Kier molecular flexibility index (Phi) is 6.21. The number of primary amides is 1. The Morgan fingerprint density at radius 1 is 1.21 bits per heavy atom. The molecule has 1 fully saturated rings. The molecule has 0 unspecified atom stereocenters. The summed E-state index contributed by atoms with van der Waals surface area (Å²) >= 11 is 0. The number of nitrogens with zero attached hydrogens (tertiary/aromatic N) is 1. The molecule has 0 saturated carbocycles. The number of amides is 4. The number of anilines is 1. The number of hydrogen-bond donors (Lipinski definition) is 3. The molecule has 1 aromatic rings. The summed E-state index contributed by atoms with van der Waals surface area (Å²) < 4.78 is 5.35. The largest absolute Gasteiger partial charge is 0.444 e. The van der Waals surface area contributed by atoms with Crippen LogP contribution in [0.25, 0.3) is 0 Å². The molecule has 3 rings (SSSR count). The number of ether oxygens (including phenoxy) is 1. The van der Waals surface area contributed by atoms with Gasteiger partial charge in [-0.1, -0.05) is 39.0 Å². The topological polar surface area (TPSA) is 131 Å². The lowest BCUT2D eigenvalue weighted by molar-refractivity contribution is -0.139. The van der Waals surface area contributed by atoms with Crippen molar-refractivity contribution in [2.45, 2.75) is 77.5 Å². The van der Waals surface area contributed by atoms with Gasteiger partial charge in [-0.2, -0.15) is 0 Å². The molecule has 180 valence electrons. The summed E-state index contributed by atoms with van der Waals surface area (Å²) in [5, 5.41) is 5.53. The smallest absolute Gasteiger partial charge is 0.408 e. The number of carbonyl (C=O) groups excluding carboxylic acids is 4. The van der Waals surface area contributed by atoms with Gasteiger partial charge in [0.1, 0.15) is 17.7 Å². The molecule has 0 aliphatic carbocycles. The zero-order chi connectivity index (χ0) is 24.8. The number of nitrogens with two attached hydrogens (primary N) is 1. The van der Waals surface area contributed by atoms with E-state index in [9.17, 15) is 19.2 Å². The highest BCUT2D eigenvalue weighted by Gasteiger charge is 2.57. The standard InChI is InChI=1S/C24H34N4O5/c1-22(2,3)11-16(27-21(32)33-23(4,5)6)19(30)28-13-24(12-17(28)18(25)29)14-9-7-8-10-15(14)26-20(24)31/h7-10,16-17H,11-13H2,1-6H3,(H2,25,29)(H,26,31)(H,27,32)/t16-,17-,24-/m0/s1. The minimum atomic E-state index is -1.07. The van der Waals surface area contributed by atoms with Crippen LogP contribution in [0.4, 0.5) is 10.5 Å². The van der Waals surface area contributed by atoms with Gasteiger partial charge in [0.05, 0.1) is 5.41 Å². The summed E-state index contributed by atoms with van der Waals surface area (Å²) in [6.07, 6.45) is -0.326. The number of alkyl carbamates (subject to hydrolysis) is 1. The van der Waals surface area contributed by atoms with Gasteiger partial charge in [0.15, 0.2) is 0 Å². The number of benzene rings is 1. The summed E-state index contributed by atoms with van der Waals surface area (Å²) in [4.78, 5) is 53.0. The van der Waals surface area contributed by atoms with Crippen molar-refractivity contribution in [2.75, 3.05) is 11.9 Å². The van der Waals surface area contributed by atoms with Gasteiger partial charge in [-0.25, -0.2) is 4.79 Å². The van der Waals surface area contributed by atoms with Gasteiger partial charge in [-0.15, -0.1) is 0 Å². The minimum absolute atomic E-state index is 0.00106. The quantitative estimate of drug-likeness (QED) is 0.637. The lowest BCUT2D eigenvalue weighted by Gasteiger charge is -2.32. The van der Waals surface area contributed by atoms with E-state index >= 15 is 0 Å². The number of fused-ring (bicyclic) bond motifs is 2.